The molecule has 1 amide bonds. The SMILES string of the molecule is CCOc1ccc2nc(NC(=O)C3COc4ccccc4O3)sc2c1. The van der Waals surface area contributed by atoms with Crippen LogP contribution in [0.3, 0.4) is 0 Å². The second kappa shape index (κ2) is 6.60. The van der Waals surface area contributed by atoms with E-state index < -0.39 is 6.10 Å². The molecule has 1 N–H and O–H groups in total. The fourth-order valence-electron chi connectivity index (χ4n) is 2.55. The van der Waals surface area contributed by atoms with Gasteiger partial charge in [0.2, 0.25) is 6.10 Å². The number of amides is 1. The lowest BCUT2D eigenvalue weighted by Gasteiger charge is -2.25. The minimum Gasteiger partial charge on any atom is -0.494 e. The van der Waals surface area contributed by atoms with Gasteiger partial charge in [-0.3, -0.25) is 10.1 Å². The summed E-state index contributed by atoms with van der Waals surface area (Å²) in [5, 5.41) is 3.33. The Morgan fingerprint density at radius 2 is 2.16 bits per heavy atom. The number of carbonyl (C=O) groups is 1. The first-order valence-electron chi connectivity index (χ1n) is 7.95. The largest absolute Gasteiger partial charge is 0.494 e. The maximum atomic E-state index is 12.4. The van der Waals surface area contributed by atoms with Gasteiger partial charge in [0.05, 0.1) is 16.8 Å². The van der Waals surface area contributed by atoms with Crippen LogP contribution in [0.4, 0.5) is 5.13 Å². The smallest absolute Gasteiger partial charge is 0.270 e. The number of aromatic nitrogens is 1. The number of nitrogens with one attached hydrogen (secondary N) is 1. The Morgan fingerprint density at radius 3 is 3.00 bits per heavy atom. The van der Waals surface area contributed by atoms with Crippen LogP contribution in [0.2, 0.25) is 0 Å². The summed E-state index contributed by atoms with van der Waals surface area (Å²) in [6.07, 6.45) is -0.708. The van der Waals surface area contributed by atoms with Crippen molar-refractivity contribution in [3.8, 4) is 17.2 Å². The molecule has 25 heavy (non-hydrogen) atoms. The fourth-order valence-corrected chi connectivity index (χ4v) is 3.45. The second-order valence-corrected chi connectivity index (χ2v) is 6.47. The highest BCUT2D eigenvalue weighted by Gasteiger charge is 2.27. The van der Waals surface area contributed by atoms with Crippen molar-refractivity contribution >= 4 is 32.6 Å². The molecule has 3 aromatic rings. The highest BCUT2D eigenvalue weighted by atomic mass is 32.1. The van der Waals surface area contributed by atoms with Crippen molar-refractivity contribution in [3.63, 3.8) is 0 Å². The van der Waals surface area contributed by atoms with Gasteiger partial charge in [0.1, 0.15) is 12.4 Å². The number of benzene rings is 2. The Bertz CT molecular complexity index is 924. The zero-order chi connectivity index (χ0) is 17.2. The summed E-state index contributed by atoms with van der Waals surface area (Å²) in [4.78, 5) is 16.9. The van der Waals surface area contributed by atoms with Crippen molar-refractivity contribution in [2.45, 2.75) is 13.0 Å². The Morgan fingerprint density at radius 1 is 1.32 bits per heavy atom. The molecule has 0 spiro atoms. The second-order valence-electron chi connectivity index (χ2n) is 5.44. The van der Waals surface area contributed by atoms with Gasteiger partial charge < -0.3 is 14.2 Å². The standard InChI is InChI=1S/C18H16N2O4S/c1-2-22-11-7-8-12-16(9-11)25-18(19-12)20-17(21)15-10-23-13-5-3-4-6-14(13)24-15/h3-9,15H,2,10H2,1H3,(H,19,20,21). The third kappa shape index (κ3) is 3.23. The Kier molecular flexibility index (Phi) is 4.15. The highest BCUT2D eigenvalue weighted by Crippen LogP contribution is 2.32. The number of ether oxygens (including phenoxy) is 3. The van der Waals surface area contributed by atoms with Gasteiger partial charge in [-0.15, -0.1) is 0 Å². The molecule has 4 rings (SSSR count). The molecule has 0 aliphatic carbocycles. The minimum absolute atomic E-state index is 0.169. The van der Waals surface area contributed by atoms with Gasteiger partial charge in [-0.25, -0.2) is 4.98 Å². The predicted octanol–water partition coefficient (Wildman–Crippen LogP) is 3.47. The van der Waals surface area contributed by atoms with E-state index in [4.69, 9.17) is 14.2 Å². The summed E-state index contributed by atoms with van der Waals surface area (Å²) in [5.41, 5.74) is 0.815. The van der Waals surface area contributed by atoms with E-state index in [0.717, 1.165) is 16.0 Å². The monoisotopic (exact) mass is 356 g/mol. The molecule has 1 aromatic heterocycles. The summed E-state index contributed by atoms with van der Waals surface area (Å²) in [5.74, 6) is 1.73. The number of hydrogen-bond acceptors (Lipinski definition) is 6. The first kappa shape index (κ1) is 15.7. The van der Waals surface area contributed by atoms with Crippen molar-refractivity contribution in [1.29, 1.82) is 0 Å². The molecule has 1 unspecified atom stereocenters. The van der Waals surface area contributed by atoms with Gasteiger partial charge in [-0.05, 0) is 37.3 Å². The number of carbonyl (C=O) groups excluding carboxylic acids is 1. The number of rotatable bonds is 4. The molecule has 7 heteroatoms. The molecule has 6 nitrogen and oxygen atoms in total. The lowest BCUT2D eigenvalue weighted by atomic mass is 10.2. The van der Waals surface area contributed by atoms with E-state index in [9.17, 15) is 4.79 Å². The number of para-hydroxylation sites is 2. The minimum atomic E-state index is -0.708. The van der Waals surface area contributed by atoms with Crippen molar-refractivity contribution in [2.24, 2.45) is 0 Å². The third-order valence-electron chi connectivity index (χ3n) is 3.70. The van der Waals surface area contributed by atoms with E-state index in [2.05, 4.69) is 10.3 Å². The Hall–Kier alpha value is -2.80. The number of nitrogens with zero attached hydrogens (tertiary/aromatic N) is 1. The van der Waals surface area contributed by atoms with Crippen LogP contribution in [-0.2, 0) is 4.79 Å². The zero-order valence-electron chi connectivity index (χ0n) is 13.5. The van der Waals surface area contributed by atoms with Crippen LogP contribution in [0.25, 0.3) is 10.2 Å². The van der Waals surface area contributed by atoms with Gasteiger partial charge in [0.25, 0.3) is 5.91 Å². The lowest BCUT2D eigenvalue weighted by molar-refractivity contribution is -0.125. The molecule has 1 aliphatic rings. The zero-order valence-corrected chi connectivity index (χ0v) is 14.3. The lowest BCUT2D eigenvalue weighted by Crippen LogP contribution is -2.40. The van der Waals surface area contributed by atoms with Crippen molar-refractivity contribution in [3.05, 3.63) is 42.5 Å². The van der Waals surface area contributed by atoms with Gasteiger partial charge in [-0.2, -0.15) is 0 Å². The molecule has 2 aromatic carbocycles. The summed E-state index contributed by atoms with van der Waals surface area (Å²) in [6, 6.07) is 13.0. The van der Waals surface area contributed by atoms with Gasteiger partial charge >= 0.3 is 0 Å². The molecule has 1 atom stereocenters. The molecule has 0 radical (unpaired) electrons. The van der Waals surface area contributed by atoms with Crippen molar-refractivity contribution in [1.82, 2.24) is 4.98 Å². The van der Waals surface area contributed by atoms with E-state index in [1.54, 1.807) is 6.07 Å². The maximum Gasteiger partial charge on any atom is 0.270 e. The molecule has 0 saturated carbocycles. The molecule has 1 aliphatic heterocycles. The Balaban J connectivity index is 1.48. The summed E-state index contributed by atoms with van der Waals surface area (Å²) in [7, 11) is 0. The molecule has 2 heterocycles. The quantitative estimate of drug-likeness (QED) is 0.775. The normalized spacial score (nSPS) is 15.8. The molecule has 0 fully saturated rings. The average molecular weight is 356 g/mol. The van der Waals surface area contributed by atoms with E-state index >= 15 is 0 Å². The van der Waals surface area contributed by atoms with Crippen LogP contribution in [0.5, 0.6) is 17.2 Å². The van der Waals surface area contributed by atoms with Gasteiger partial charge in [-0.1, -0.05) is 23.5 Å². The average Bonchev–Trinajstić information content (AvgIpc) is 3.03. The van der Waals surface area contributed by atoms with E-state index in [-0.39, 0.29) is 12.5 Å². The van der Waals surface area contributed by atoms with Crippen molar-refractivity contribution in [2.75, 3.05) is 18.5 Å². The number of fused-ring (bicyclic) bond motifs is 2. The number of hydrogen-bond donors (Lipinski definition) is 1. The number of thiazole rings is 1. The maximum absolute atomic E-state index is 12.4. The third-order valence-corrected chi connectivity index (χ3v) is 4.64. The fraction of sp³-hybridized carbons (Fsp3) is 0.222. The summed E-state index contributed by atoms with van der Waals surface area (Å²) < 4.78 is 17.7. The first-order valence-corrected chi connectivity index (χ1v) is 8.77. The Labute approximate surface area is 148 Å². The van der Waals surface area contributed by atoms with Crippen LogP contribution in [0.1, 0.15) is 6.92 Å². The van der Waals surface area contributed by atoms with Crippen LogP contribution >= 0.6 is 11.3 Å². The van der Waals surface area contributed by atoms with Gasteiger partial charge in [0, 0.05) is 0 Å². The molecule has 0 bridgehead atoms. The molecule has 128 valence electrons. The van der Waals surface area contributed by atoms with Crippen molar-refractivity contribution < 1.29 is 19.0 Å². The van der Waals surface area contributed by atoms with Gasteiger partial charge in [0.15, 0.2) is 16.6 Å². The van der Waals surface area contributed by atoms with E-state index in [1.807, 2.05) is 43.3 Å². The summed E-state index contributed by atoms with van der Waals surface area (Å²) in [6.45, 7) is 2.71. The number of anilines is 1. The molecular formula is C18H16N2O4S. The van der Waals surface area contributed by atoms with Crippen LogP contribution in [-0.4, -0.2) is 30.2 Å². The topological polar surface area (TPSA) is 69.7 Å². The molecular weight excluding hydrogens is 340 g/mol. The van der Waals surface area contributed by atoms with E-state index in [1.165, 1.54) is 11.3 Å². The first-order chi connectivity index (χ1) is 12.2. The van der Waals surface area contributed by atoms with Crippen LogP contribution in [0.15, 0.2) is 42.5 Å². The van der Waals surface area contributed by atoms with Crippen LogP contribution in [0, 0.1) is 0 Å². The highest BCUT2D eigenvalue weighted by molar-refractivity contribution is 7.22. The predicted molar refractivity (Wildman–Crippen MR) is 95.8 cm³/mol. The van der Waals surface area contributed by atoms with E-state index in [0.29, 0.717) is 23.2 Å². The van der Waals surface area contributed by atoms with Crippen LogP contribution < -0.4 is 19.5 Å². The summed E-state index contributed by atoms with van der Waals surface area (Å²) >= 11 is 1.40. The molecule has 0 saturated heterocycles.